The molecule has 0 amide bonds. The summed E-state index contributed by atoms with van der Waals surface area (Å²) in [5.74, 6) is 2.13. The Labute approximate surface area is 152 Å². The molecule has 3 aromatic heterocycles. The maximum absolute atomic E-state index is 5.94. The largest absolute Gasteiger partial charge is 0.468 e. The first kappa shape index (κ1) is 16.6. The Bertz CT molecular complexity index is 872. The maximum Gasteiger partial charge on any atom is 0.222 e. The Morgan fingerprint density at radius 2 is 2.15 bits per heavy atom. The van der Waals surface area contributed by atoms with Crippen LogP contribution < -0.4 is 11.1 Å². The SMILES string of the molecule is Cn1cc(CNc2nc(N)nc3c2CCN(Cc2ccco2)CC3)cn1. The molecule has 1 aliphatic heterocycles. The van der Waals surface area contributed by atoms with Crippen molar-refractivity contribution in [1.82, 2.24) is 24.6 Å². The molecule has 8 heteroatoms. The van der Waals surface area contributed by atoms with Crippen LogP contribution in [-0.2, 0) is 33.0 Å². The van der Waals surface area contributed by atoms with Crippen LogP contribution in [0.1, 0.15) is 22.6 Å². The molecule has 0 fully saturated rings. The zero-order valence-corrected chi connectivity index (χ0v) is 14.9. The van der Waals surface area contributed by atoms with Crippen molar-refractivity contribution in [2.75, 3.05) is 24.1 Å². The molecule has 0 aromatic carbocycles. The number of hydrogen-bond acceptors (Lipinski definition) is 7. The summed E-state index contributed by atoms with van der Waals surface area (Å²) < 4.78 is 7.27. The molecule has 8 nitrogen and oxygen atoms in total. The van der Waals surface area contributed by atoms with Crippen LogP contribution in [0.5, 0.6) is 0 Å². The van der Waals surface area contributed by atoms with Gasteiger partial charge in [-0.15, -0.1) is 0 Å². The average molecular weight is 353 g/mol. The third-order valence-corrected chi connectivity index (χ3v) is 4.63. The second kappa shape index (κ2) is 7.17. The Kier molecular flexibility index (Phi) is 4.57. The third kappa shape index (κ3) is 3.70. The van der Waals surface area contributed by atoms with Gasteiger partial charge in [0, 0.05) is 50.4 Å². The molecular weight excluding hydrogens is 330 g/mol. The number of nitrogens with one attached hydrogen (secondary N) is 1. The van der Waals surface area contributed by atoms with Crippen molar-refractivity contribution in [3.8, 4) is 0 Å². The highest BCUT2D eigenvalue weighted by molar-refractivity contribution is 5.50. The van der Waals surface area contributed by atoms with Crippen LogP contribution in [0.25, 0.3) is 0 Å². The lowest BCUT2D eigenvalue weighted by atomic mass is 10.1. The van der Waals surface area contributed by atoms with Crippen molar-refractivity contribution in [3.63, 3.8) is 0 Å². The first-order chi connectivity index (χ1) is 12.7. The lowest BCUT2D eigenvalue weighted by molar-refractivity contribution is 0.255. The van der Waals surface area contributed by atoms with E-state index in [-0.39, 0.29) is 0 Å². The number of fused-ring (bicyclic) bond motifs is 1. The summed E-state index contributed by atoms with van der Waals surface area (Å²) in [5, 5.41) is 7.61. The molecule has 0 unspecified atom stereocenters. The van der Waals surface area contributed by atoms with Gasteiger partial charge in [0.05, 0.1) is 24.7 Å². The summed E-state index contributed by atoms with van der Waals surface area (Å²) in [6.07, 6.45) is 7.28. The second-order valence-corrected chi connectivity index (χ2v) is 6.59. The van der Waals surface area contributed by atoms with E-state index in [1.165, 1.54) is 0 Å². The summed E-state index contributed by atoms with van der Waals surface area (Å²) in [6.45, 7) is 3.32. The minimum absolute atomic E-state index is 0.317. The monoisotopic (exact) mass is 353 g/mol. The number of anilines is 2. The molecule has 0 spiro atoms. The van der Waals surface area contributed by atoms with Crippen LogP contribution in [-0.4, -0.2) is 37.7 Å². The Balaban J connectivity index is 1.49. The van der Waals surface area contributed by atoms with Crippen molar-refractivity contribution < 1.29 is 4.42 Å². The van der Waals surface area contributed by atoms with Gasteiger partial charge in [0.25, 0.3) is 0 Å². The fraction of sp³-hybridized carbons (Fsp3) is 0.389. The Morgan fingerprint density at radius 3 is 2.92 bits per heavy atom. The molecule has 0 bridgehead atoms. The number of nitrogens with two attached hydrogens (primary N) is 1. The predicted octanol–water partition coefficient (Wildman–Crippen LogP) is 1.60. The molecule has 4 heterocycles. The number of rotatable bonds is 5. The number of hydrogen-bond donors (Lipinski definition) is 2. The third-order valence-electron chi connectivity index (χ3n) is 4.63. The van der Waals surface area contributed by atoms with Gasteiger partial charge in [-0.25, -0.2) is 4.98 Å². The maximum atomic E-state index is 5.94. The van der Waals surface area contributed by atoms with Crippen molar-refractivity contribution in [2.45, 2.75) is 25.9 Å². The Morgan fingerprint density at radius 1 is 1.27 bits per heavy atom. The van der Waals surface area contributed by atoms with E-state index in [1.54, 1.807) is 10.9 Å². The van der Waals surface area contributed by atoms with Crippen molar-refractivity contribution in [1.29, 1.82) is 0 Å². The molecule has 3 N–H and O–H groups in total. The normalized spacial score (nSPS) is 14.8. The fourth-order valence-electron chi connectivity index (χ4n) is 3.34. The molecule has 1 aliphatic rings. The van der Waals surface area contributed by atoms with Gasteiger partial charge in [0.15, 0.2) is 0 Å². The number of aryl methyl sites for hydroxylation is 1. The topological polar surface area (TPSA) is 98.0 Å². The van der Waals surface area contributed by atoms with Crippen molar-refractivity contribution in [2.24, 2.45) is 7.05 Å². The number of aromatic nitrogens is 4. The van der Waals surface area contributed by atoms with E-state index < -0.39 is 0 Å². The van der Waals surface area contributed by atoms with Gasteiger partial charge in [-0.1, -0.05) is 0 Å². The molecule has 136 valence electrons. The highest BCUT2D eigenvalue weighted by Gasteiger charge is 2.20. The molecule has 26 heavy (non-hydrogen) atoms. The lowest BCUT2D eigenvalue weighted by Gasteiger charge is -2.17. The fourth-order valence-corrected chi connectivity index (χ4v) is 3.34. The average Bonchev–Trinajstić information content (AvgIpc) is 3.23. The molecule has 3 aromatic rings. The van der Waals surface area contributed by atoms with Crippen LogP contribution >= 0.6 is 0 Å². The second-order valence-electron chi connectivity index (χ2n) is 6.59. The zero-order chi connectivity index (χ0) is 17.9. The van der Waals surface area contributed by atoms with E-state index >= 15 is 0 Å². The van der Waals surface area contributed by atoms with Crippen LogP contribution in [0.4, 0.5) is 11.8 Å². The van der Waals surface area contributed by atoms with E-state index in [0.29, 0.717) is 12.5 Å². The molecule has 0 atom stereocenters. The molecular formula is C18H23N7O. The smallest absolute Gasteiger partial charge is 0.222 e. The number of nitrogen functional groups attached to an aromatic ring is 1. The summed E-state index contributed by atoms with van der Waals surface area (Å²) in [6, 6.07) is 3.94. The molecule has 0 saturated carbocycles. The number of nitrogens with zero attached hydrogens (tertiary/aromatic N) is 5. The summed E-state index contributed by atoms with van der Waals surface area (Å²) >= 11 is 0. The molecule has 4 rings (SSSR count). The minimum Gasteiger partial charge on any atom is -0.468 e. The first-order valence-corrected chi connectivity index (χ1v) is 8.79. The summed E-state index contributed by atoms with van der Waals surface area (Å²) in [7, 11) is 1.91. The predicted molar refractivity (Wildman–Crippen MR) is 98.4 cm³/mol. The van der Waals surface area contributed by atoms with E-state index in [4.69, 9.17) is 10.2 Å². The van der Waals surface area contributed by atoms with Crippen LogP contribution in [0, 0.1) is 0 Å². The highest BCUT2D eigenvalue weighted by Crippen LogP contribution is 2.23. The first-order valence-electron chi connectivity index (χ1n) is 8.79. The van der Waals surface area contributed by atoms with E-state index in [2.05, 4.69) is 25.3 Å². The summed E-state index contributed by atoms with van der Waals surface area (Å²) in [5.41, 5.74) is 9.24. The Hall–Kier alpha value is -2.87. The van der Waals surface area contributed by atoms with Gasteiger partial charge < -0.3 is 15.5 Å². The van der Waals surface area contributed by atoms with E-state index in [0.717, 1.165) is 60.9 Å². The van der Waals surface area contributed by atoms with Crippen molar-refractivity contribution in [3.05, 3.63) is 53.4 Å². The van der Waals surface area contributed by atoms with Gasteiger partial charge in [0.2, 0.25) is 5.95 Å². The zero-order valence-electron chi connectivity index (χ0n) is 14.9. The highest BCUT2D eigenvalue weighted by atomic mass is 16.3. The van der Waals surface area contributed by atoms with Crippen molar-refractivity contribution >= 4 is 11.8 Å². The standard InChI is InChI=1S/C18H23N7O/c1-24-11-13(10-21-24)9-20-17-15-4-6-25(12-14-3-2-8-26-14)7-5-16(15)22-18(19)23-17/h2-3,8,10-11H,4-7,9,12H2,1H3,(H3,19,20,22,23). The van der Waals surface area contributed by atoms with Gasteiger partial charge in [-0.2, -0.15) is 10.1 Å². The van der Waals surface area contributed by atoms with Crippen LogP contribution in [0.2, 0.25) is 0 Å². The van der Waals surface area contributed by atoms with E-state index in [1.807, 2.05) is 31.6 Å². The molecule has 0 radical (unpaired) electrons. The van der Waals surface area contributed by atoms with Crippen LogP contribution in [0.15, 0.2) is 35.2 Å². The lowest BCUT2D eigenvalue weighted by Crippen LogP contribution is -2.25. The van der Waals surface area contributed by atoms with Crippen LogP contribution in [0.3, 0.4) is 0 Å². The van der Waals surface area contributed by atoms with Gasteiger partial charge in [0.1, 0.15) is 11.6 Å². The summed E-state index contributed by atoms with van der Waals surface area (Å²) in [4.78, 5) is 11.3. The molecule has 0 aliphatic carbocycles. The quantitative estimate of drug-likeness (QED) is 0.719. The van der Waals surface area contributed by atoms with Gasteiger partial charge >= 0.3 is 0 Å². The minimum atomic E-state index is 0.317. The van der Waals surface area contributed by atoms with Gasteiger partial charge in [-0.05, 0) is 18.6 Å². The van der Waals surface area contributed by atoms with Gasteiger partial charge in [-0.3, -0.25) is 9.58 Å². The van der Waals surface area contributed by atoms with E-state index in [9.17, 15) is 0 Å². The molecule has 0 saturated heterocycles. The number of furan rings is 1.